The third-order valence-electron chi connectivity index (χ3n) is 4.35. The Morgan fingerprint density at radius 1 is 1.18 bits per heavy atom. The van der Waals surface area contributed by atoms with E-state index in [0.29, 0.717) is 25.1 Å². The molecule has 1 aliphatic heterocycles. The Labute approximate surface area is 169 Å². The fourth-order valence-electron chi connectivity index (χ4n) is 2.88. The number of rotatable bonds is 8. The van der Waals surface area contributed by atoms with Crippen molar-refractivity contribution in [1.29, 1.82) is 0 Å². The molecule has 0 radical (unpaired) electrons. The topological polar surface area (TPSA) is 76.0 Å². The standard InChI is InChI=1S/C20H22N2O4S2/c1-3-22(4-2)28(24,25)17-11-5-8-15(14-17)19-21-18(20(23)26-19)12-6-9-16-10-7-13-27-16/h5,7-8,10-14H,3-4,6,9H2,1-2H3/b18-12+. The van der Waals surface area contributed by atoms with Crippen LogP contribution in [0, 0.1) is 0 Å². The van der Waals surface area contributed by atoms with E-state index in [4.69, 9.17) is 4.74 Å². The molecule has 6 nitrogen and oxygen atoms in total. The summed E-state index contributed by atoms with van der Waals surface area (Å²) in [5.74, 6) is -0.387. The van der Waals surface area contributed by atoms with Crippen molar-refractivity contribution < 1.29 is 17.9 Å². The molecule has 0 aliphatic carbocycles. The molecule has 2 aromatic rings. The first kappa shape index (κ1) is 20.4. The summed E-state index contributed by atoms with van der Waals surface area (Å²) in [6, 6.07) is 10.4. The van der Waals surface area contributed by atoms with Gasteiger partial charge in [0.15, 0.2) is 0 Å². The summed E-state index contributed by atoms with van der Waals surface area (Å²) in [5.41, 5.74) is 0.715. The van der Waals surface area contributed by atoms with Crippen molar-refractivity contribution in [3.05, 3.63) is 64.0 Å². The van der Waals surface area contributed by atoms with Gasteiger partial charge < -0.3 is 4.74 Å². The second-order valence-electron chi connectivity index (χ2n) is 6.13. The van der Waals surface area contributed by atoms with Crippen LogP contribution in [0.25, 0.3) is 0 Å². The minimum atomic E-state index is -3.60. The van der Waals surface area contributed by atoms with Gasteiger partial charge in [-0.3, -0.25) is 0 Å². The van der Waals surface area contributed by atoms with Crippen LogP contribution in [-0.2, 0) is 26.0 Å². The second-order valence-corrected chi connectivity index (χ2v) is 9.10. The third-order valence-corrected chi connectivity index (χ3v) is 7.34. The number of aryl methyl sites for hydroxylation is 1. The molecule has 0 bridgehead atoms. The lowest BCUT2D eigenvalue weighted by Gasteiger charge is -2.18. The molecule has 0 N–H and O–H groups in total. The van der Waals surface area contributed by atoms with Gasteiger partial charge in [0.1, 0.15) is 5.70 Å². The summed E-state index contributed by atoms with van der Waals surface area (Å²) in [6.45, 7) is 4.36. The van der Waals surface area contributed by atoms with Crippen LogP contribution < -0.4 is 0 Å². The molecule has 148 valence electrons. The number of allylic oxidation sites excluding steroid dienone is 1. The number of hydrogen-bond donors (Lipinski definition) is 0. The van der Waals surface area contributed by atoms with Crippen molar-refractivity contribution in [2.45, 2.75) is 31.6 Å². The van der Waals surface area contributed by atoms with Crippen molar-refractivity contribution in [3.63, 3.8) is 0 Å². The smallest absolute Gasteiger partial charge is 0.363 e. The van der Waals surface area contributed by atoms with E-state index in [9.17, 15) is 13.2 Å². The molecule has 0 atom stereocenters. The van der Waals surface area contributed by atoms with Crippen LogP contribution in [-0.4, -0.2) is 37.7 Å². The summed E-state index contributed by atoms with van der Waals surface area (Å²) in [6.07, 6.45) is 3.26. The van der Waals surface area contributed by atoms with Crippen LogP contribution >= 0.6 is 11.3 Å². The Hall–Kier alpha value is -2.29. The fraction of sp³-hybridized carbons (Fsp3) is 0.300. The molecule has 0 saturated heterocycles. The zero-order valence-electron chi connectivity index (χ0n) is 15.8. The van der Waals surface area contributed by atoms with Gasteiger partial charge in [-0.2, -0.15) is 4.31 Å². The lowest BCUT2D eigenvalue weighted by Crippen LogP contribution is -2.30. The van der Waals surface area contributed by atoms with Crippen LogP contribution in [0.4, 0.5) is 0 Å². The number of ether oxygens (including phenoxy) is 1. The van der Waals surface area contributed by atoms with Gasteiger partial charge in [-0.15, -0.1) is 11.3 Å². The average Bonchev–Trinajstić information content (AvgIpc) is 3.33. The number of hydrogen-bond acceptors (Lipinski definition) is 6. The molecule has 0 unspecified atom stereocenters. The molecule has 8 heteroatoms. The number of carbonyl (C=O) groups is 1. The molecule has 0 amide bonds. The molecule has 1 aromatic carbocycles. The van der Waals surface area contributed by atoms with Crippen LogP contribution in [0.2, 0.25) is 0 Å². The van der Waals surface area contributed by atoms with Crippen LogP contribution in [0.1, 0.15) is 30.7 Å². The lowest BCUT2D eigenvalue weighted by atomic mass is 10.2. The van der Waals surface area contributed by atoms with E-state index < -0.39 is 16.0 Å². The molecular formula is C20H22N2O4S2. The van der Waals surface area contributed by atoms with Crippen LogP contribution in [0.3, 0.4) is 0 Å². The van der Waals surface area contributed by atoms with Gasteiger partial charge in [0.2, 0.25) is 15.9 Å². The first-order valence-electron chi connectivity index (χ1n) is 9.09. The van der Waals surface area contributed by atoms with E-state index in [0.717, 1.165) is 6.42 Å². The highest BCUT2D eigenvalue weighted by molar-refractivity contribution is 7.89. The molecule has 0 fully saturated rings. The highest BCUT2D eigenvalue weighted by atomic mass is 32.2. The summed E-state index contributed by atoms with van der Waals surface area (Å²) < 4.78 is 32.1. The molecule has 2 heterocycles. The third kappa shape index (κ3) is 4.40. The van der Waals surface area contributed by atoms with Crippen molar-refractivity contribution in [2.75, 3.05) is 13.1 Å². The van der Waals surface area contributed by atoms with Crippen molar-refractivity contribution >= 4 is 33.2 Å². The van der Waals surface area contributed by atoms with Crippen molar-refractivity contribution in [2.24, 2.45) is 4.99 Å². The lowest BCUT2D eigenvalue weighted by molar-refractivity contribution is -0.130. The fourth-order valence-corrected chi connectivity index (χ4v) is 5.11. The van der Waals surface area contributed by atoms with Gasteiger partial charge in [0.25, 0.3) is 0 Å². The molecular weight excluding hydrogens is 396 g/mol. The Morgan fingerprint density at radius 3 is 2.64 bits per heavy atom. The monoisotopic (exact) mass is 418 g/mol. The van der Waals surface area contributed by atoms with E-state index >= 15 is 0 Å². The number of aliphatic imine (C=N–C) groups is 1. The van der Waals surface area contributed by atoms with Crippen molar-refractivity contribution in [1.82, 2.24) is 4.31 Å². The van der Waals surface area contributed by atoms with Gasteiger partial charge >= 0.3 is 5.97 Å². The molecule has 1 aromatic heterocycles. The number of carbonyl (C=O) groups excluding carboxylic acids is 1. The first-order chi connectivity index (χ1) is 13.5. The minimum Gasteiger partial charge on any atom is -0.402 e. The number of thiophene rings is 1. The number of esters is 1. The average molecular weight is 419 g/mol. The highest BCUT2D eigenvalue weighted by Gasteiger charge is 2.26. The maximum absolute atomic E-state index is 12.7. The largest absolute Gasteiger partial charge is 0.402 e. The van der Waals surface area contributed by atoms with Gasteiger partial charge in [-0.05, 0) is 42.5 Å². The molecule has 0 spiro atoms. The van der Waals surface area contributed by atoms with E-state index in [2.05, 4.69) is 4.99 Å². The summed E-state index contributed by atoms with van der Waals surface area (Å²) in [7, 11) is -3.60. The zero-order valence-corrected chi connectivity index (χ0v) is 17.4. The highest BCUT2D eigenvalue weighted by Crippen LogP contribution is 2.22. The second kappa shape index (κ2) is 8.81. The van der Waals surface area contributed by atoms with E-state index in [1.54, 1.807) is 43.4 Å². The number of nitrogens with zero attached hydrogens (tertiary/aromatic N) is 2. The van der Waals surface area contributed by atoms with Crippen molar-refractivity contribution in [3.8, 4) is 0 Å². The van der Waals surface area contributed by atoms with E-state index in [-0.39, 0.29) is 16.5 Å². The maximum Gasteiger partial charge on any atom is 0.363 e. The Balaban J connectivity index is 1.81. The Kier molecular flexibility index (Phi) is 6.43. The first-order valence-corrected chi connectivity index (χ1v) is 11.4. The SMILES string of the molecule is CCN(CC)S(=O)(=O)c1cccc(C2=N/C(=C/CCc3cccs3)C(=O)O2)c1. The van der Waals surface area contributed by atoms with E-state index in [1.807, 2.05) is 17.5 Å². The van der Waals surface area contributed by atoms with E-state index in [1.165, 1.54) is 21.3 Å². The summed E-state index contributed by atoms with van der Waals surface area (Å²) in [5, 5.41) is 2.02. The summed E-state index contributed by atoms with van der Waals surface area (Å²) >= 11 is 1.67. The molecule has 3 rings (SSSR count). The maximum atomic E-state index is 12.7. The van der Waals surface area contributed by atoms with Gasteiger partial charge in [-0.1, -0.05) is 32.1 Å². The zero-order chi connectivity index (χ0) is 20.1. The Morgan fingerprint density at radius 2 is 1.96 bits per heavy atom. The quantitative estimate of drug-likeness (QED) is 0.485. The minimum absolute atomic E-state index is 0.129. The Bertz CT molecular complexity index is 1000. The normalized spacial score (nSPS) is 15.9. The van der Waals surface area contributed by atoms with Gasteiger partial charge in [0, 0.05) is 23.5 Å². The van der Waals surface area contributed by atoms with Gasteiger partial charge in [-0.25, -0.2) is 18.2 Å². The molecule has 0 saturated carbocycles. The number of benzene rings is 1. The summed E-state index contributed by atoms with van der Waals surface area (Å²) in [4.78, 5) is 17.8. The molecule has 28 heavy (non-hydrogen) atoms. The predicted molar refractivity (Wildman–Crippen MR) is 110 cm³/mol. The molecule has 1 aliphatic rings. The van der Waals surface area contributed by atoms with Crippen LogP contribution in [0.5, 0.6) is 0 Å². The number of sulfonamides is 1. The predicted octanol–water partition coefficient (Wildman–Crippen LogP) is 3.60. The number of cyclic esters (lactones) is 1. The van der Waals surface area contributed by atoms with Crippen LogP contribution in [0.15, 0.2) is 63.4 Å². The van der Waals surface area contributed by atoms with Gasteiger partial charge in [0.05, 0.1) is 4.90 Å².